The number of hydrogen-bond donors (Lipinski definition) is 2. The highest BCUT2D eigenvalue weighted by atomic mass is 16.4. The number of aromatic carboxylic acids is 1. The van der Waals surface area contributed by atoms with Gasteiger partial charge in [0, 0.05) is 12.1 Å². The fourth-order valence-corrected chi connectivity index (χ4v) is 1.15. The Kier molecular flexibility index (Phi) is 3.95. The van der Waals surface area contributed by atoms with Gasteiger partial charge in [0.25, 0.3) is 0 Å². The van der Waals surface area contributed by atoms with Crippen LogP contribution in [-0.4, -0.2) is 17.6 Å². The van der Waals surface area contributed by atoms with Crippen molar-refractivity contribution in [3.63, 3.8) is 0 Å². The van der Waals surface area contributed by atoms with Crippen molar-refractivity contribution in [3.05, 3.63) is 23.2 Å². The molecule has 0 spiro atoms. The summed E-state index contributed by atoms with van der Waals surface area (Å²) in [6.07, 6.45) is 0. The molecule has 1 heterocycles. The molecule has 0 unspecified atom stereocenters. The molecule has 0 saturated carbocycles. The first kappa shape index (κ1) is 11.3. The van der Waals surface area contributed by atoms with E-state index in [1.165, 1.54) is 6.07 Å². The molecule has 2 N–H and O–H groups in total. The topological polar surface area (TPSA) is 62.5 Å². The molecule has 4 heteroatoms. The van der Waals surface area contributed by atoms with Gasteiger partial charge in [0.15, 0.2) is 0 Å². The Labute approximate surface area is 88.3 Å². The number of aryl methyl sites for hydroxylation is 1. The van der Waals surface area contributed by atoms with E-state index in [4.69, 9.17) is 9.52 Å². The summed E-state index contributed by atoms with van der Waals surface area (Å²) in [6, 6.07) is 1.53. The Bertz CT molecular complexity index is 409. The van der Waals surface area contributed by atoms with Gasteiger partial charge in [-0.15, -0.1) is 5.92 Å². The third-order valence-electron chi connectivity index (χ3n) is 1.94. The monoisotopic (exact) mass is 207 g/mol. The number of carboxylic acid groups (broad SMARTS) is 1. The van der Waals surface area contributed by atoms with Crippen molar-refractivity contribution in [1.29, 1.82) is 0 Å². The van der Waals surface area contributed by atoms with Crippen molar-refractivity contribution in [1.82, 2.24) is 5.32 Å². The first-order valence-corrected chi connectivity index (χ1v) is 4.58. The highest BCUT2D eigenvalue weighted by Gasteiger charge is 2.12. The van der Waals surface area contributed by atoms with Crippen LogP contribution in [0.25, 0.3) is 0 Å². The van der Waals surface area contributed by atoms with Crippen LogP contribution in [0.5, 0.6) is 0 Å². The van der Waals surface area contributed by atoms with E-state index >= 15 is 0 Å². The Hall–Kier alpha value is -1.73. The van der Waals surface area contributed by atoms with Crippen molar-refractivity contribution in [2.24, 2.45) is 0 Å². The number of carboxylic acids is 1. The van der Waals surface area contributed by atoms with E-state index in [0.29, 0.717) is 18.8 Å². The minimum atomic E-state index is -1.04. The molecule has 0 aliphatic carbocycles. The predicted molar refractivity (Wildman–Crippen MR) is 55.6 cm³/mol. The molecule has 0 bridgehead atoms. The van der Waals surface area contributed by atoms with Crippen LogP contribution in [0.15, 0.2) is 10.5 Å². The summed E-state index contributed by atoms with van der Waals surface area (Å²) in [4.78, 5) is 10.6. The molecule has 0 radical (unpaired) electrons. The zero-order chi connectivity index (χ0) is 11.3. The molecule has 1 aromatic heterocycles. The van der Waals surface area contributed by atoms with Crippen molar-refractivity contribution >= 4 is 5.97 Å². The summed E-state index contributed by atoms with van der Waals surface area (Å²) in [7, 11) is 0. The van der Waals surface area contributed by atoms with Crippen LogP contribution in [0.1, 0.15) is 28.8 Å². The summed E-state index contributed by atoms with van der Waals surface area (Å²) in [6.45, 7) is 4.67. The minimum absolute atomic E-state index is 0.0223. The van der Waals surface area contributed by atoms with E-state index in [0.717, 1.165) is 5.56 Å². The van der Waals surface area contributed by atoms with Gasteiger partial charge in [0.05, 0.1) is 6.54 Å². The molecule has 1 rings (SSSR count). The number of carbonyl (C=O) groups is 1. The molecule has 15 heavy (non-hydrogen) atoms. The molecular weight excluding hydrogens is 194 g/mol. The average Bonchev–Trinajstić information content (AvgIpc) is 2.55. The van der Waals surface area contributed by atoms with Crippen LogP contribution >= 0.6 is 0 Å². The molecule has 0 aromatic carbocycles. The fraction of sp³-hybridized carbons (Fsp3) is 0.364. The summed E-state index contributed by atoms with van der Waals surface area (Å²) in [5.74, 6) is 5.18. The van der Waals surface area contributed by atoms with Crippen molar-refractivity contribution in [3.8, 4) is 11.8 Å². The van der Waals surface area contributed by atoms with Gasteiger partial charge in [-0.25, -0.2) is 4.79 Å². The van der Waals surface area contributed by atoms with Crippen LogP contribution < -0.4 is 5.32 Å². The maximum atomic E-state index is 10.6. The summed E-state index contributed by atoms with van der Waals surface area (Å²) in [5.41, 5.74) is 0.852. The third kappa shape index (κ3) is 3.15. The van der Waals surface area contributed by atoms with Gasteiger partial charge >= 0.3 is 5.97 Å². The number of hydrogen-bond acceptors (Lipinski definition) is 3. The molecule has 0 fully saturated rings. The van der Waals surface area contributed by atoms with Crippen molar-refractivity contribution in [2.45, 2.75) is 20.4 Å². The van der Waals surface area contributed by atoms with E-state index in [9.17, 15) is 4.79 Å². The second-order valence-electron chi connectivity index (χ2n) is 3.03. The molecule has 0 aliphatic heterocycles. The lowest BCUT2D eigenvalue weighted by Crippen LogP contribution is -2.13. The smallest absolute Gasteiger partial charge is 0.371 e. The van der Waals surface area contributed by atoms with Gasteiger partial charge in [-0.1, -0.05) is 5.92 Å². The van der Waals surface area contributed by atoms with Gasteiger partial charge in [-0.05, 0) is 19.9 Å². The van der Waals surface area contributed by atoms with Gasteiger partial charge < -0.3 is 14.8 Å². The summed E-state index contributed by atoms with van der Waals surface area (Å²) >= 11 is 0. The maximum absolute atomic E-state index is 10.6. The van der Waals surface area contributed by atoms with Crippen LogP contribution in [0, 0.1) is 18.8 Å². The second-order valence-corrected chi connectivity index (χ2v) is 3.03. The van der Waals surface area contributed by atoms with Gasteiger partial charge in [0.1, 0.15) is 5.76 Å². The summed E-state index contributed by atoms with van der Waals surface area (Å²) < 4.78 is 5.06. The number of nitrogens with one attached hydrogen (secondary N) is 1. The molecule has 0 atom stereocenters. The Morgan fingerprint density at radius 1 is 1.67 bits per heavy atom. The lowest BCUT2D eigenvalue weighted by molar-refractivity contribution is 0.0661. The molecular formula is C11H13NO3. The van der Waals surface area contributed by atoms with Crippen LogP contribution in [0.3, 0.4) is 0 Å². The lowest BCUT2D eigenvalue weighted by Gasteiger charge is -1.97. The highest BCUT2D eigenvalue weighted by Crippen LogP contribution is 2.14. The zero-order valence-corrected chi connectivity index (χ0v) is 8.76. The molecule has 80 valence electrons. The number of furan rings is 1. The van der Waals surface area contributed by atoms with Crippen LogP contribution in [-0.2, 0) is 6.54 Å². The average molecular weight is 207 g/mol. The van der Waals surface area contributed by atoms with E-state index in [1.54, 1.807) is 13.8 Å². The van der Waals surface area contributed by atoms with E-state index in [1.807, 2.05) is 0 Å². The number of rotatable bonds is 4. The Morgan fingerprint density at radius 2 is 2.40 bits per heavy atom. The minimum Gasteiger partial charge on any atom is -0.475 e. The maximum Gasteiger partial charge on any atom is 0.371 e. The molecule has 0 saturated heterocycles. The standard InChI is InChI=1S/C11H13NO3/c1-3-4-5-12-7-9-6-10(11(13)14)15-8(9)2/h6,12H,5,7H2,1-2H3,(H,13,14). The van der Waals surface area contributed by atoms with Crippen LogP contribution in [0.2, 0.25) is 0 Å². The first-order chi connectivity index (χ1) is 7.15. The molecule has 1 aromatic rings. The van der Waals surface area contributed by atoms with Gasteiger partial charge in [-0.2, -0.15) is 0 Å². The zero-order valence-electron chi connectivity index (χ0n) is 8.76. The van der Waals surface area contributed by atoms with E-state index in [-0.39, 0.29) is 5.76 Å². The van der Waals surface area contributed by atoms with Crippen molar-refractivity contribution < 1.29 is 14.3 Å². The SMILES string of the molecule is CC#CCNCc1cc(C(=O)O)oc1C. The lowest BCUT2D eigenvalue weighted by atomic mass is 10.2. The normalized spacial score (nSPS) is 9.47. The predicted octanol–water partition coefficient (Wildman–Crippen LogP) is 1.40. The highest BCUT2D eigenvalue weighted by molar-refractivity contribution is 5.84. The molecule has 0 aliphatic rings. The second kappa shape index (κ2) is 5.23. The molecule has 0 amide bonds. The van der Waals surface area contributed by atoms with E-state index in [2.05, 4.69) is 17.2 Å². The Balaban J connectivity index is 2.60. The van der Waals surface area contributed by atoms with Crippen LogP contribution in [0.4, 0.5) is 0 Å². The summed E-state index contributed by atoms with van der Waals surface area (Å²) in [5, 5.41) is 11.8. The van der Waals surface area contributed by atoms with E-state index < -0.39 is 5.97 Å². The third-order valence-corrected chi connectivity index (χ3v) is 1.94. The molecule has 4 nitrogen and oxygen atoms in total. The largest absolute Gasteiger partial charge is 0.475 e. The van der Waals surface area contributed by atoms with Gasteiger partial charge in [0.2, 0.25) is 5.76 Å². The first-order valence-electron chi connectivity index (χ1n) is 4.58. The Morgan fingerprint density at radius 3 is 2.93 bits per heavy atom. The van der Waals surface area contributed by atoms with Gasteiger partial charge in [-0.3, -0.25) is 0 Å². The fourth-order valence-electron chi connectivity index (χ4n) is 1.15. The van der Waals surface area contributed by atoms with Crippen molar-refractivity contribution in [2.75, 3.05) is 6.54 Å². The quantitative estimate of drug-likeness (QED) is 0.578.